The zero-order valence-corrected chi connectivity index (χ0v) is 12.6. The highest BCUT2D eigenvalue weighted by atomic mass is 16.6. The van der Waals surface area contributed by atoms with Gasteiger partial charge in [-0.2, -0.15) is 0 Å². The molecule has 0 aromatic heterocycles. The highest BCUT2D eigenvalue weighted by Crippen LogP contribution is 2.23. The van der Waals surface area contributed by atoms with Gasteiger partial charge in [0.2, 0.25) is 0 Å². The number of nitro benzene ring substituents is 1. The second-order valence-corrected chi connectivity index (χ2v) is 5.70. The standard InChI is InChI=1S/C15H24N2O3/c1-10(2)7-14(9-18)16-12(4)13-6-5-11(3)15(8-13)17(19)20/h5-6,8,10,12,14,16,18H,7,9H2,1-4H3. The Balaban J connectivity index is 2.83. The lowest BCUT2D eigenvalue weighted by atomic mass is 10.0. The maximum absolute atomic E-state index is 11.0. The summed E-state index contributed by atoms with van der Waals surface area (Å²) < 4.78 is 0. The summed E-state index contributed by atoms with van der Waals surface area (Å²) >= 11 is 0. The van der Waals surface area contributed by atoms with Crippen molar-refractivity contribution in [1.29, 1.82) is 0 Å². The van der Waals surface area contributed by atoms with E-state index in [1.165, 1.54) is 0 Å². The smallest absolute Gasteiger partial charge is 0.272 e. The van der Waals surface area contributed by atoms with Crippen LogP contribution in [-0.4, -0.2) is 22.7 Å². The minimum Gasteiger partial charge on any atom is -0.395 e. The molecule has 2 unspecified atom stereocenters. The normalized spacial score (nSPS) is 14.3. The Morgan fingerprint density at radius 1 is 1.35 bits per heavy atom. The Labute approximate surface area is 120 Å². The van der Waals surface area contributed by atoms with Crippen molar-refractivity contribution in [2.24, 2.45) is 5.92 Å². The lowest BCUT2D eigenvalue weighted by Crippen LogP contribution is -2.35. The fourth-order valence-corrected chi connectivity index (χ4v) is 2.31. The molecule has 2 atom stereocenters. The summed E-state index contributed by atoms with van der Waals surface area (Å²) in [6.07, 6.45) is 0.870. The van der Waals surface area contributed by atoms with E-state index >= 15 is 0 Å². The molecule has 2 N–H and O–H groups in total. The van der Waals surface area contributed by atoms with Gasteiger partial charge in [0.05, 0.1) is 11.5 Å². The molecule has 0 bridgehead atoms. The molecule has 1 aromatic rings. The molecule has 0 saturated carbocycles. The monoisotopic (exact) mass is 280 g/mol. The third-order valence-corrected chi connectivity index (χ3v) is 3.39. The van der Waals surface area contributed by atoms with Gasteiger partial charge in [-0.25, -0.2) is 0 Å². The van der Waals surface area contributed by atoms with Gasteiger partial charge in [-0.15, -0.1) is 0 Å². The van der Waals surface area contributed by atoms with E-state index in [1.807, 2.05) is 13.0 Å². The second-order valence-electron chi connectivity index (χ2n) is 5.70. The van der Waals surface area contributed by atoms with Crippen LogP contribution < -0.4 is 5.32 Å². The third kappa shape index (κ3) is 4.58. The zero-order chi connectivity index (χ0) is 15.3. The van der Waals surface area contributed by atoms with E-state index in [0.29, 0.717) is 11.5 Å². The first-order valence-corrected chi connectivity index (χ1v) is 6.97. The highest BCUT2D eigenvalue weighted by molar-refractivity contribution is 5.43. The molecule has 5 heteroatoms. The number of nitrogens with zero attached hydrogens (tertiary/aromatic N) is 1. The molecule has 0 spiro atoms. The molecule has 0 saturated heterocycles. The van der Waals surface area contributed by atoms with Gasteiger partial charge in [0.25, 0.3) is 5.69 Å². The average Bonchev–Trinajstić information content (AvgIpc) is 2.37. The van der Waals surface area contributed by atoms with E-state index in [4.69, 9.17) is 0 Å². The molecule has 1 rings (SSSR count). The van der Waals surface area contributed by atoms with Crippen LogP contribution in [0, 0.1) is 23.0 Å². The number of nitrogens with one attached hydrogen (secondary N) is 1. The first kappa shape index (κ1) is 16.6. The van der Waals surface area contributed by atoms with Crippen molar-refractivity contribution in [2.45, 2.75) is 46.2 Å². The van der Waals surface area contributed by atoms with E-state index < -0.39 is 0 Å². The minimum atomic E-state index is -0.358. The summed E-state index contributed by atoms with van der Waals surface area (Å²) in [5.41, 5.74) is 1.66. The summed E-state index contributed by atoms with van der Waals surface area (Å²) in [4.78, 5) is 10.6. The Kier molecular flexibility index (Phi) is 6.10. The van der Waals surface area contributed by atoms with E-state index in [0.717, 1.165) is 12.0 Å². The Morgan fingerprint density at radius 2 is 2.00 bits per heavy atom. The largest absolute Gasteiger partial charge is 0.395 e. The van der Waals surface area contributed by atoms with Crippen LogP contribution in [0.2, 0.25) is 0 Å². The van der Waals surface area contributed by atoms with Gasteiger partial charge in [-0.1, -0.05) is 26.0 Å². The van der Waals surface area contributed by atoms with Crippen molar-refractivity contribution in [3.63, 3.8) is 0 Å². The fraction of sp³-hybridized carbons (Fsp3) is 0.600. The summed E-state index contributed by atoms with van der Waals surface area (Å²) in [7, 11) is 0. The lowest BCUT2D eigenvalue weighted by Gasteiger charge is -2.23. The average molecular weight is 280 g/mol. The molecule has 0 fully saturated rings. The molecule has 0 heterocycles. The van der Waals surface area contributed by atoms with Gasteiger partial charge in [-0.3, -0.25) is 10.1 Å². The van der Waals surface area contributed by atoms with Crippen molar-refractivity contribution in [3.05, 3.63) is 39.4 Å². The van der Waals surface area contributed by atoms with Gasteiger partial charge in [0.15, 0.2) is 0 Å². The molecular formula is C15H24N2O3. The van der Waals surface area contributed by atoms with Crippen LogP contribution in [0.3, 0.4) is 0 Å². The first-order valence-electron chi connectivity index (χ1n) is 6.97. The molecule has 20 heavy (non-hydrogen) atoms. The minimum absolute atomic E-state index is 0.00496. The molecule has 0 aliphatic heterocycles. The number of aryl methyl sites for hydroxylation is 1. The number of aliphatic hydroxyl groups excluding tert-OH is 1. The SMILES string of the molecule is Cc1ccc(C(C)NC(CO)CC(C)C)cc1[N+](=O)[O-]. The number of hydrogen-bond donors (Lipinski definition) is 2. The van der Waals surface area contributed by atoms with E-state index in [1.54, 1.807) is 19.1 Å². The molecule has 1 aromatic carbocycles. The Bertz CT molecular complexity index is 460. The van der Waals surface area contributed by atoms with Crippen molar-refractivity contribution in [1.82, 2.24) is 5.32 Å². The molecular weight excluding hydrogens is 256 g/mol. The first-order chi connectivity index (χ1) is 9.35. The van der Waals surface area contributed by atoms with Gasteiger partial charge < -0.3 is 10.4 Å². The molecule has 5 nitrogen and oxygen atoms in total. The fourth-order valence-electron chi connectivity index (χ4n) is 2.31. The molecule has 0 aliphatic carbocycles. The predicted molar refractivity (Wildman–Crippen MR) is 79.7 cm³/mol. The molecule has 0 aliphatic rings. The van der Waals surface area contributed by atoms with Crippen molar-refractivity contribution < 1.29 is 10.0 Å². The van der Waals surface area contributed by atoms with E-state index in [-0.39, 0.29) is 29.3 Å². The van der Waals surface area contributed by atoms with Crippen LogP contribution in [0.4, 0.5) is 5.69 Å². The summed E-state index contributed by atoms with van der Waals surface area (Å²) in [5, 5.41) is 23.7. The topological polar surface area (TPSA) is 75.4 Å². The molecule has 112 valence electrons. The van der Waals surface area contributed by atoms with Crippen LogP contribution in [0.5, 0.6) is 0 Å². The molecule has 0 radical (unpaired) electrons. The number of hydrogen-bond acceptors (Lipinski definition) is 4. The van der Waals surface area contributed by atoms with Gasteiger partial charge >= 0.3 is 0 Å². The number of rotatable bonds is 7. The second kappa shape index (κ2) is 7.36. The van der Waals surface area contributed by atoms with Crippen LogP contribution >= 0.6 is 0 Å². The Hall–Kier alpha value is -1.46. The van der Waals surface area contributed by atoms with Crippen molar-refractivity contribution >= 4 is 5.69 Å². The van der Waals surface area contributed by atoms with Crippen molar-refractivity contribution in [3.8, 4) is 0 Å². The Morgan fingerprint density at radius 3 is 2.50 bits per heavy atom. The molecule has 0 amide bonds. The predicted octanol–water partition coefficient (Wildman–Crippen LogP) is 2.96. The third-order valence-electron chi connectivity index (χ3n) is 3.39. The van der Waals surface area contributed by atoms with Gasteiger partial charge in [0, 0.05) is 23.7 Å². The quantitative estimate of drug-likeness (QED) is 0.594. The summed E-state index contributed by atoms with van der Waals surface area (Å²) in [5.74, 6) is 0.485. The summed E-state index contributed by atoms with van der Waals surface area (Å²) in [6, 6.07) is 5.23. The number of aliphatic hydroxyl groups is 1. The van der Waals surface area contributed by atoms with Gasteiger partial charge in [0.1, 0.15) is 0 Å². The van der Waals surface area contributed by atoms with Gasteiger partial charge in [-0.05, 0) is 31.7 Å². The highest BCUT2D eigenvalue weighted by Gasteiger charge is 2.17. The van der Waals surface area contributed by atoms with E-state index in [9.17, 15) is 15.2 Å². The van der Waals surface area contributed by atoms with E-state index in [2.05, 4.69) is 19.2 Å². The maximum atomic E-state index is 11.0. The number of benzene rings is 1. The zero-order valence-electron chi connectivity index (χ0n) is 12.6. The van der Waals surface area contributed by atoms with Crippen LogP contribution in [0.1, 0.15) is 44.4 Å². The summed E-state index contributed by atoms with van der Waals surface area (Å²) in [6.45, 7) is 7.96. The van der Waals surface area contributed by atoms with Crippen molar-refractivity contribution in [2.75, 3.05) is 6.61 Å². The lowest BCUT2D eigenvalue weighted by molar-refractivity contribution is -0.385. The maximum Gasteiger partial charge on any atom is 0.272 e. The number of nitro groups is 1. The van der Waals surface area contributed by atoms with Crippen LogP contribution in [-0.2, 0) is 0 Å². The van der Waals surface area contributed by atoms with Crippen LogP contribution in [0.15, 0.2) is 18.2 Å². The van der Waals surface area contributed by atoms with Crippen LogP contribution in [0.25, 0.3) is 0 Å².